The quantitative estimate of drug-likeness (QED) is 0.838. The number of H-pyrrole nitrogens is 1. The van der Waals surface area contributed by atoms with Crippen molar-refractivity contribution in [3.05, 3.63) is 34.2 Å². The summed E-state index contributed by atoms with van der Waals surface area (Å²) in [5.74, 6) is -0.406. The molecule has 2 amide bonds. The molecule has 1 aromatic heterocycles. The Bertz CT molecular complexity index is 532. The number of carbonyl (C=O) groups excluding carboxylic acids is 2. The van der Waals surface area contributed by atoms with Gasteiger partial charge in [0.15, 0.2) is 0 Å². The minimum absolute atomic E-state index is 0.0375. The number of amides is 2. The van der Waals surface area contributed by atoms with Crippen LogP contribution in [0, 0.1) is 0 Å². The Morgan fingerprint density at radius 1 is 1.32 bits per heavy atom. The van der Waals surface area contributed by atoms with Crippen LogP contribution in [0.15, 0.2) is 23.0 Å². The lowest BCUT2D eigenvalue weighted by molar-refractivity contribution is -0.130. The third-order valence-electron chi connectivity index (χ3n) is 3.18. The molecule has 0 bridgehead atoms. The molecule has 0 atom stereocenters. The summed E-state index contributed by atoms with van der Waals surface area (Å²) in [6.45, 7) is 1.57. The van der Waals surface area contributed by atoms with E-state index >= 15 is 0 Å². The van der Waals surface area contributed by atoms with Crippen molar-refractivity contribution in [1.82, 2.24) is 14.8 Å². The van der Waals surface area contributed by atoms with Crippen molar-refractivity contribution >= 4 is 11.8 Å². The summed E-state index contributed by atoms with van der Waals surface area (Å²) in [7, 11) is 1.56. The molecule has 2 heterocycles. The lowest BCUT2D eigenvalue weighted by Crippen LogP contribution is -2.40. The Labute approximate surface area is 111 Å². The van der Waals surface area contributed by atoms with Gasteiger partial charge in [-0.3, -0.25) is 14.4 Å². The highest BCUT2D eigenvalue weighted by atomic mass is 16.2. The Morgan fingerprint density at radius 2 is 2.00 bits per heavy atom. The van der Waals surface area contributed by atoms with Crippen LogP contribution in [0.5, 0.6) is 0 Å². The van der Waals surface area contributed by atoms with Crippen molar-refractivity contribution in [2.45, 2.75) is 12.8 Å². The third-order valence-corrected chi connectivity index (χ3v) is 3.18. The van der Waals surface area contributed by atoms with Crippen molar-refractivity contribution in [2.24, 2.45) is 0 Å². The lowest BCUT2D eigenvalue weighted by atomic mass is 10.3. The number of rotatable bonds is 3. The minimum Gasteiger partial charge on any atom is -0.341 e. The maximum Gasteiger partial charge on any atom is 0.270 e. The van der Waals surface area contributed by atoms with E-state index in [4.69, 9.17) is 0 Å². The van der Waals surface area contributed by atoms with Crippen molar-refractivity contribution in [2.75, 3.05) is 26.7 Å². The Hall–Kier alpha value is -2.11. The summed E-state index contributed by atoms with van der Waals surface area (Å²) in [4.78, 5) is 40.6. The Morgan fingerprint density at radius 3 is 2.63 bits per heavy atom. The summed E-state index contributed by atoms with van der Waals surface area (Å²) >= 11 is 0. The van der Waals surface area contributed by atoms with E-state index in [2.05, 4.69) is 4.98 Å². The first-order valence-electron chi connectivity index (χ1n) is 6.30. The van der Waals surface area contributed by atoms with Crippen molar-refractivity contribution < 1.29 is 9.59 Å². The number of nitrogens with one attached hydrogen (secondary N) is 1. The molecule has 1 aliphatic rings. The highest BCUT2D eigenvalue weighted by Gasteiger charge is 2.21. The van der Waals surface area contributed by atoms with Crippen molar-refractivity contribution in [1.29, 1.82) is 0 Å². The van der Waals surface area contributed by atoms with Crippen molar-refractivity contribution in [3.8, 4) is 0 Å². The number of aromatic nitrogens is 1. The molecule has 6 heteroatoms. The molecule has 0 saturated carbocycles. The van der Waals surface area contributed by atoms with Gasteiger partial charge < -0.3 is 14.8 Å². The van der Waals surface area contributed by atoms with Crippen LogP contribution in [0.1, 0.15) is 23.3 Å². The summed E-state index contributed by atoms with van der Waals surface area (Å²) in [6, 6.07) is 4.38. The second-order valence-electron chi connectivity index (χ2n) is 4.68. The molecule has 0 spiro atoms. The van der Waals surface area contributed by atoms with Crippen LogP contribution in [0.2, 0.25) is 0 Å². The third kappa shape index (κ3) is 3.21. The maximum atomic E-state index is 12.0. The molecule has 0 aliphatic carbocycles. The highest BCUT2D eigenvalue weighted by Crippen LogP contribution is 2.08. The molecule has 6 nitrogen and oxygen atoms in total. The summed E-state index contributed by atoms with van der Waals surface area (Å²) in [6.07, 6.45) is 2.05. The molecule has 2 rings (SSSR count). The van der Waals surface area contributed by atoms with Crippen LogP contribution in [0.4, 0.5) is 0 Å². The zero-order valence-corrected chi connectivity index (χ0v) is 10.9. The monoisotopic (exact) mass is 263 g/mol. The second-order valence-corrected chi connectivity index (χ2v) is 4.68. The number of likely N-dealkylation sites (N-methyl/N-ethyl adjacent to an activating group) is 1. The van der Waals surface area contributed by atoms with E-state index in [9.17, 15) is 14.4 Å². The van der Waals surface area contributed by atoms with Gasteiger partial charge in [-0.25, -0.2) is 0 Å². The van der Waals surface area contributed by atoms with Gasteiger partial charge in [0, 0.05) is 26.2 Å². The molecule has 19 heavy (non-hydrogen) atoms. The average molecular weight is 263 g/mol. The van der Waals surface area contributed by atoms with Crippen LogP contribution in [-0.4, -0.2) is 53.3 Å². The summed E-state index contributed by atoms with van der Waals surface area (Å²) in [5, 5.41) is 0. The fourth-order valence-electron chi connectivity index (χ4n) is 2.12. The van der Waals surface area contributed by atoms with Gasteiger partial charge >= 0.3 is 0 Å². The van der Waals surface area contributed by atoms with Gasteiger partial charge in [0.2, 0.25) is 11.5 Å². The topological polar surface area (TPSA) is 73.5 Å². The predicted octanol–water partition coefficient (Wildman–Crippen LogP) is 0.0693. The number of hydrogen-bond donors (Lipinski definition) is 1. The number of aromatic amines is 1. The van der Waals surface area contributed by atoms with E-state index in [1.54, 1.807) is 11.9 Å². The van der Waals surface area contributed by atoms with Gasteiger partial charge in [-0.15, -0.1) is 0 Å². The average Bonchev–Trinajstić information content (AvgIpc) is 2.91. The minimum atomic E-state index is -0.356. The number of likely N-dealkylation sites (tertiary alicyclic amines) is 1. The Kier molecular flexibility index (Phi) is 3.99. The van der Waals surface area contributed by atoms with Gasteiger partial charge in [-0.2, -0.15) is 0 Å². The van der Waals surface area contributed by atoms with Gasteiger partial charge in [0.05, 0.1) is 6.54 Å². The fraction of sp³-hybridized carbons (Fsp3) is 0.462. The highest BCUT2D eigenvalue weighted by molar-refractivity contribution is 5.94. The van der Waals surface area contributed by atoms with E-state index < -0.39 is 0 Å². The molecular formula is C13H17N3O3. The first kappa shape index (κ1) is 13.3. The van der Waals surface area contributed by atoms with Crippen molar-refractivity contribution in [3.63, 3.8) is 0 Å². The van der Waals surface area contributed by atoms with Gasteiger partial charge in [0.1, 0.15) is 5.69 Å². The number of nitrogens with zero attached hydrogens (tertiary/aromatic N) is 2. The normalized spacial score (nSPS) is 14.5. The molecule has 1 saturated heterocycles. The summed E-state index contributed by atoms with van der Waals surface area (Å²) < 4.78 is 0. The molecule has 0 aromatic carbocycles. The van der Waals surface area contributed by atoms with E-state index in [-0.39, 0.29) is 29.6 Å². The SMILES string of the molecule is CN(CC(=O)N1CCCC1)C(=O)c1cccc(=O)[nH]1. The van der Waals surface area contributed by atoms with E-state index in [1.165, 1.54) is 23.1 Å². The van der Waals surface area contributed by atoms with Gasteiger partial charge in [-0.05, 0) is 18.9 Å². The zero-order chi connectivity index (χ0) is 13.8. The fourth-order valence-corrected chi connectivity index (χ4v) is 2.12. The van der Waals surface area contributed by atoms with Crippen LogP contribution >= 0.6 is 0 Å². The van der Waals surface area contributed by atoms with Crippen LogP contribution < -0.4 is 5.56 Å². The van der Waals surface area contributed by atoms with Gasteiger partial charge in [-0.1, -0.05) is 6.07 Å². The number of carbonyl (C=O) groups is 2. The largest absolute Gasteiger partial charge is 0.341 e. The molecule has 1 aliphatic heterocycles. The number of hydrogen-bond acceptors (Lipinski definition) is 3. The molecule has 1 fully saturated rings. The lowest BCUT2D eigenvalue weighted by Gasteiger charge is -2.21. The van der Waals surface area contributed by atoms with E-state index in [0.29, 0.717) is 0 Å². The molecule has 1 N–H and O–H groups in total. The van der Waals surface area contributed by atoms with Crippen LogP contribution in [-0.2, 0) is 4.79 Å². The molecule has 0 unspecified atom stereocenters. The summed E-state index contributed by atoms with van der Waals surface area (Å²) in [5.41, 5.74) is -0.130. The first-order valence-corrected chi connectivity index (χ1v) is 6.30. The maximum absolute atomic E-state index is 12.0. The standard InChI is InChI=1S/C13H17N3O3/c1-15(9-12(18)16-7-2-3-8-16)13(19)10-5-4-6-11(17)14-10/h4-6H,2-3,7-9H2,1H3,(H,14,17). The number of pyridine rings is 1. The van der Waals surface area contributed by atoms with Gasteiger partial charge in [0.25, 0.3) is 5.91 Å². The van der Waals surface area contributed by atoms with E-state index in [1.807, 2.05) is 0 Å². The first-order chi connectivity index (χ1) is 9.08. The molecule has 102 valence electrons. The zero-order valence-electron chi connectivity index (χ0n) is 10.9. The molecular weight excluding hydrogens is 246 g/mol. The van der Waals surface area contributed by atoms with Crippen LogP contribution in [0.25, 0.3) is 0 Å². The van der Waals surface area contributed by atoms with E-state index in [0.717, 1.165) is 25.9 Å². The molecule has 0 radical (unpaired) electrons. The second kappa shape index (κ2) is 5.69. The predicted molar refractivity (Wildman–Crippen MR) is 69.8 cm³/mol. The molecule has 1 aromatic rings. The van der Waals surface area contributed by atoms with Crippen LogP contribution in [0.3, 0.4) is 0 Å². The Balaban J connectivity index is 1.99. The smallest absolute Gasteiger partial charge is 0.270 e.